The zero-order valence-electron chi connectivity index (χ0n) is 10.4. The Morgan fingerprint density at radius 1 is 1.37 bits per heavy atom. The molecule has 3 nitrogen and oxygen atoms in total. The number of carbonyl (C=O) groups excluding carboxylic acids is 1. The van der Waals surface area contributed by atoms with Crippen molar-refractivity contribution in [2.45, 2.75) is 28.2 Å². The summed E-state index contributed by atoms with van der Waals surface area (Å²) in [7, 11) is 0. The maximum absolute atomic E-state index is 12.0. The van der Waals surface area contributed by atoms with Crippen molar-refractivity contribution in [3.63, 3.8) is 0 Å². The van der Waals surface area contributed by atoms with E-state index in [0.29, 0.717) is 12.0 Å². The van der Waals surface area contributed by atoms with Crippen molar-refractivity contribution in [3.05, 3.63) is 35.9 Å². The van der Waals surface area contributed by atoms with Crippen molar-refractivity contribution >= 4 is 37.8 Å². The second kappa shape index (κ2) is 5.19. The van der Waals surface area contributed by atoms with Crippen LogP contribution in [0.1, 0.15) is 18.4 Å². The molecule has 1 aliphatic carbocycles. The predicted molar refractivity (Wildman–Crippen MR) is 79.2 cm³/mol. The Labute approximate surface area is 129 Å². The number of carbonyl (C=O) groups is 1. The average Bonchev–Trinajstić information content (AvgIpc) is 3.00. The van der Waals surface area contributed by atoms with E-state index in [1.54, 1.807) is 0 Å². The van der Waals surface area contributed by atoms with Gasteiger partial charge in [-0.15, -0.1) is 0 Å². The molecule has 1 heterocycles. The lowest BCUT2D eigenvalue weighted by Gasteiger charge is -2.36. The third-order valence-corrected chi connectivity index (χ3v) is 5.04. The van der Waals surface area contributed by atoms with Crippen molar-refractivity contribution in [2.24, 2.45) is 5.92 Å². The summed E-state index contributed by atoms with van der Waals surface area (Å²) in [6.45, 7) is 1.04. The summed E-state index contributed by atoms with van der Waals surface area (Å²) in [6.07, 6.45) is 2.05. The fourth-order valence-electron chi connectivity index (χ4n) is 3.50. The topological polar surface area (TPSA) is 42.9 Å². The van der Waals surface area contributed by atoms with Crippen LogP contribution in [0.5, 0.6) is 0 Å². The summed E-state index contributed by atoms with van der Waals surface area (Å²) in [6, 6.07) is 10.8. The van der Waals surface area contributed by atoms with Crippen LogP contribution in [0.4, 0.5) is 0 Å². The van der Waals surface area contributed by atoms with E-state index >= 15 is 0 Å². The fraction of sp³-hybridized carbons (Fsp3) is 0.500. The summed E-state index contributed by atoms with van der Waals surface area (Å²) in [5.74, 6) is 0.180. The van der Waals surface area contributed by atoms with Crippen LogP contribution >= 0.6 is 31.9 Å². The summed E-state index contributed by atoms with van der Waals surface area (Å²) < 4.78 is 5.49. The maximum Gasteiger partial charge on any atom is 0.331 e. The minimum atomic E-state index is -0.441. The minimum Gasteiger partial charge on any atom is -0.452 e. The molecule has 1 aliphatic heterocycles. The van der Waals surface area contributed by atoms with Gasteiger partial charge in [-0.2, -0.15) is 0 Å². The van der Waals surface area contributed by atoms with E-state index in [2.05, 4.69) is 49.3 Å². The van der Waals surface area contributed by atoms with Gasteiger partial charge in [0, 0.05) is 12.8 Å². The summed E-state index contributed by atoms with van der Waals surface area (Å²) >= 11 is 6.46. The summed E-state index contributed by atoms with van der Waals surface area (Å²) in [5.41, 5.74) is 0.696. The Kier molecular flexibility index (Phi) is 3.71. The Balaban J connectivity index is 1.95. The molecule has 0 aromatic heterocycles. The Bertz CT molecular complexity index is 480. The molecule has 1 saturated carbocycles. The lowest BCUT2D eigenvalue weighted by atomic mass is 9.82. The van der Waals surface area contributed by atoms with Crippen LogP contribution in [0.3, 0.4) is 0 Å². The Morgan fingerprint density at radius 3 is 2.63 bits per heavy atom. The lowest BCUT2D eigenvalue weighted by Crippen LogP contribution is -2.89. The molecular formula is C14H16Br2NO2+. The van der Waals surface area contributed by atoms with Crippen molar-refractivity contribution in [2.75, 3.05) is 6.54 Å². The number of piperidine rings is 1. The van der Waals surface area contributed by atoms with Crippen LogP contribution in [0.2, 0.25) is 0 Å². The van der Waals surface area contributed by atoms with Gasteiger partial charge in [-0.25, -0.2) is 4.79 Å². The Morgan fingerprint density at radius 2 is 2.11 bits per heavy atom. The molecule has 3 unspecified atom stereocenters. The van der Waals surface area contributed by atoms with Crippen LogP contribution in [-0.4, -0.2) is 22.3 Å². The van der Waals surface area contributed by atoms with Crippen molar-refractivity contribution in [3.8, 4) is 0 Å². The van der Waals surface area contributed by atoms with Crippen LogP contribution in [0.15, 0.2) is 30.3 Å². The van der Waals surface area contributed by atoms with E-state index < -0.39 is 9.34 Å². The third kappa shape index (κ3) is 2.36. The first-order chi connectivity index (χ1) is 9.12. The number of halogens is 2. The standard InChI is InChI=1S/C14H15Br2NO2/c15-12(16)13(18)19-14(9-4-2-1-3-5-9)7-11-6-10(14)8-17-11/h1-5,10-12,17H,6-8H2/p+1. The second-order valence-corrected chi connectivity index (χ2v) is 8.41. The molecule has 0 amide bonds. The number of esters is 1. The highest BCUT2D eigenvalue weighted by Crippen LogP contribution is 2.48. The maximum atomic E-state index is 12.0. The van der Waals surface area contributed by atoms with E-state index in [4.69, 9.17) is 4.74 Å². The van der Waals surface area contributed by atoms with Gasteiger partial charge in [0.05, 0.1) is 18.5 Å². The first-order valence-corrected chi connectivity index (χ1v) is 8.35. The van der Waals surface area contributed by atoms with E-state index in [1.807, 2.05) is 18.2 Å². The number of nitrogens with two attached hydrogens (primary N) is 1. The number of hydrogen-bond donors (Lipinski definition) is 1. The van der Waals surface area contributed by atoms with E-state index in [9.17, 15) is 4.79 Å². The van der Waals surface area contributed by atoms with Gasteiger partial charge in [0.25, 0.3) is 0 Å². The van der Waals surface area contributed by atoms with Crippen LogP contribution in [-0.2, 0) is 15.1 Å². The SMILES string of the molecule is O=C(OC1(c2ccccc2)CC2CC1C[NH2+]2)C(Br)Br. The van der Waals surface area contributed by atoms with Gasteiger partial charge in [-0.3, -0.25) is 0 Å². The number of fused-ring (bicyclic) bond motifs is 2. The molecule has 1 saturated heterocycles. The Hall–Kier alpha value is -0.390. The monoisotopic (exact) mass is 388 g/mol. The minimum absolute atomic E-state index is 0.239. The normalized spacial score (nSPS) is 32.8. The molecule has 0 radical (unpaired) electrons. The molecule has 102 valence electrons. The van der Waals surface area contributed by atoms with Crippen LogP contribution < -0.4 is 5.32 Å². The lowest BCUT2D eigenvalue weighted by molar-refractivity contribution is -0.683. The van der Waals surface area contributed by atoms with Gasteiger partial charge in [-0.1, -0.05) is 62.2 Å². The van der Waals surface area contributed by atoms with E-state index in [0.717, 1.165) is 24.9 Å². The van der Waals surface area contributed by atoms with Crippen molar-refractivity contribution in [1.29, 1.82) is 0 Å². The number of quaternary nitrogens is 1. The molecule has 2 aliphatic rings. The molecule has 3 atom stereocenters. The molecule has 1 aromatic carbocycles. The highest BCUT2D eigenvalue weighted by Gasteiger charge is 2.58. The number of rotatable bonds is 3. The van der Waals surface area contributed by atoms with Gasteiger partial charge in [0.15, 0.2) is 9.34 Å². The molecule has 2 N–H and O–H groups in total. The number of benzene rings is 1. The zero-order valence-corrected chi connectivity index (χ0v) is 13.6. The third-order valence-electron chi connectivity index (χ3n) is 4.29. The summed E-state index contributed by atoms with van der Waals surface area (Å²) in [4.78, 5) is 12.0. The molecule has 1 aromatic rings. The van der Waals surface area contributed by atoms with Gasteiger partial charge in [0.2, 0.25) is 0 Å². The quantitative estimate of drug-likeness (QED) is 0.633. The molecule has 19 heavy (non-hydrogen) atoms. The van der Waals surface area contributed by atoms with Crippen LogP contribution in [0.25, 0.3) is 0 Å². The number of ether oxygens (including phenoxy) is 1. The largest absolute Gasteiger partial charge is 0.452 e. The van der Waals surface area contributed by atoms with Gasteiger partial charge < -0.3 is 10.1 Å². The van der Waals surface area contributed by atoms with Gasteiger partial charge in [0.1, 0.15) is 0 Å². The van der Waals surface area contributed by atoms with Gasteiger partial charge >= 0.3 is 5.97 Å². The first kappa shape index (κ1) is 13.6. The molecule has 0 spiro atoms. The first-order valence-electron chi connectivity index (χ1n) is 6.51. The second-order valence-electron chi connectivity index (χ2n) is 5.35. The average molecular weight is 390 g/mol. The van der Waals surface area contributed by atoms with Crippen molar-refractivity contribution in [1.82, 2.24) is 0 Å². The van der Waals surface area contributed by atoms with Crippen molar-refractivity contribution < 1.29 is 14.8 Å². The predicted octanol–water partition coefficient (Wildman–Crippen LogP) is 1.90. The summed E-state index contributed by atoms with van der Waals surface area (Å²) in [5, 5.41) is 2.37. The molecular weight excluding hydrogens is 374 g/mol. The molecule has 2 bridgehead atoms. The highest BCUT2D eigenvalue weighted by molar-refractivity contribution is 9.25. The molecule has 2 fully saturated rings. The smallest absolute Gasteiger partial charge is 0.331 e. The fourth-order valence-corrected chi connectivity index (χ4v) is 3.69. The molecule has 3 rings (SSSR count). The van der Waals surface area contributed by atoms with Gasteiger partial charge in [-0.05, 0) is 5.56 Å². The zero-order chi connectivity index (χ0) is 13.5. The number of hydrogen-bond acceptors (Lipinski definition) is 2. The van der Waals surface area contributed by atoms with Crippen LogP contribution in [0, 0.1) is 5.92 Å². The molecule has 5 heteroatoms. The van der Waals surface area contributed by atoms with E-state index in [-0.39, 0.29) is 5.97 Å². The van der Waals surface area contributed by atoms with E-state index in [1.165, 1.54) is 0 Å². The number of alkyl halides is 2. The highest BCUT2D eigenvalue weighted by atomic mass is 79.9.